The fourth-order valence-electron chi connectivity index (χ4n) is 3.30. The highest BCUT2D eigenvalue weighted by molar-refractivity contribution is 5.92. The summed E-state index contributed by atoms with van der Waals surface area (Å²) in [5, 5.41) is 9.59. The number of rotatable bonds is 6. The molecular formula is C24H17F2NO4. The van der Waals surface area contributed by atoms with Crippen molar-refractivity contribution in [2.75, 3.05) is 4.90 Å². The summed E-state index contributed by atoms with van der Waals surface area (Å²) in [6, 6.07) is 18.6. The molecule has 3 aromatic carbocycles. The van der Waals surface area contributed by atoms with Crippen LogP contribution in [0.25, 0.3) is 11.0 Å². The maximum atomic E-state index is 13.3. The Hall–Kier alpha value is -4.00. The van der Waals surface area contributed by atoms with Crippen molar-refractivity contribution < 1.29 is 23.1 Å². The number of fused-ring (bicyclic) bond motifs is 1. The summed E-state index contributed by atoms with van der Waals surface area (Å²) in [6.07, 6.45) is 0. The van der Waals surface area contributed by atoms with Gasteiger partial charge in [-0.25, -0.2) is 18.4 Å². The first kappa shape index (κ1) is 20.3. The Morgan fingerprint density at radius 1 is 0.839 bits per heavy atom. The smallest absolute Gasteiger partial charge is 0.351 e. The number of halogens is 2. The topological polar surface area (TPSA) is 70.8 Å². The summed E-state index contributed by atoms with van der Waals surface area (Å²) >= 11 is 0. The van der Waals surface area contributed by atoms with Crippen LogP contribution in [0.2, 0.25) is 0 Å². The summed E-state index contributed by atoms with van der Waals surface area (Å²) in [7, 11) is 0. The fraction of sp³-hybridized carbons (Fsp3) is 0.0833. The second-order valence-electron chi connectivity index (χ2n) is 7.08. The Morgan fingerprint density at radius 3 is 1.90 bits per heavy atom. The van der Waals surface area contributed by atoms with Gasteiger partial charge in [-0.1, -0.05) is 24.3 Å². The Kier molecular flexibility index (Phi) is 5.49. The van der Waals surface area contributed by atoms with Gasteiger partial charge in [0, 0.05) is 30.2 Å². The highest BCUT2D eigenvalue weighted by Gasteiger charge is 2.15. The molecule has 5 nitrogen and oxygen atoms in total. The van der Waals surface area contributed by atoms with E-state index in [0.717, 1.165) is 11.1 Å². The van der Waals surface area contributed by atoms with E-state index in [2.05, 4.69) is 0 Å². The van der Waals surface area contributed by atoms with Gasteiger partial charge in [-0.2, -0.15) is 0 Å². The summed E-state index contributed by atoms with van der Waals surface area (Å²) in [5.74, 6) is -2.03. The Morgan fingerprint density at radius 2 is 1.39 bits per heavy atom. The van der Waals surface area contributed by atoms with Crippen molar-refractivity contribution in [3.05, 3.63) is 112 Å². The van der Waals surface area contributed by atoms with Crippen LogP contribution < -0.4 is 10.5 Å². The van der Waals surface area contributed by atoms with E-state index in [-0.39, 0.29) is 17.2 Å². The van der Waals surface area contributed by atoms with Crippen LogP contribution >= 0.6 is 0 Å². The molecule has 156 valence electrons. The lowest BCUT2D eigenvalue weighted by Crippen LogP contribution is -2.22. The molecule has 1 heterocycles. The number of nitrogens with zero attached hydrogens (tertiary/aromatic N) is 1. The molecule has 0 atom stereocenters. The predicted molar refractivity (Wildman–Crippen MR) is 112 cm³/mol. The zero-order valence-corrected chi connectivity index (χ0v) is 16.2. The van der Waals surface area contributed by atoms with Crippen molar-refractivity contribution in [2.45, 2.75) is 13.1 Å². The Bertz CT molecular complexity index is 1250. The monoisotopic (exact) mass is 421 g/mol. The third kappa shape index (κ3) is 4.61. The van der Waals surface area contributed by atoms with Gasteiger partial charge < -0.3 is 14.4 Å². The molecule has 1 N–H and O–H groups in total. The van der Waals surface area contributed by atoms with E-state index >= 15 is 0 Å². The van der Waals surface area contributed by atoms with E-state index in [0.29, 0.717) is 24.2 Å². The van der Waals surface area contributed by atoms with E-state index in [4.69, 9.17) is 9.52 Å². The van der Waals surface area contributed by atoms with Crippen molar-refractivity contribution in [1.82, 2.24) is 0 Å². The molecule has 7 heteroatoms. The van der Waals surface area contributed by atoms with Gasteiger partial charge in [-0.05, 0) is 53.6 Å². The highest BCUT2D eigenvalue weighted by Crippen LogP contribution is 2.25. The van der Waals surface area contributed by atoms with Gasteiger partial charge in [0.2, 0.25) is 0 Å². The lowest BCUT2D eigenvalue weighted by atomic mass is 10.1. The van der Waals surface area contributed by atoms with Crippen molar-refractivity contribution in [3.63, 3.8) is 0 Å². The molecule has 0 saturated carbocycles. The normalized spacial score (nSPS) is 10.9. The van der Waals surface area contributed by atoms with Crippen LogP contribution in [0.5, 0.6) is 0 Å². The molecule has 0 saturated heterocycles. The molecule has 0 spiro atoms. The minimum absolute atomic E-state index is 0.246. The van der Waals surface area contributed by atoms with Crippen molar-refractivity contribution in [1.29, 1.82) is 0 Å². The van der Waals surface area contributed by atoms with Gasteiger partial charge in [-0.15, -0.1) is 0 Å². The van der Waals surface area contributed by atoms with Gasteiger partial charge in [0.05, 0.1) is 0 Å². The lowest BCUT2D eigenvalue weighted by Gasteiger charge is -2.25. The van der Waals surface area contributed by atoms with E-state index in [1.807, 2.05) is 4.90 Å². The number of hydrogen-bond acceptors (Lipinski definition) is 4. The first-order valence-electron chi connectivity index (χ1n) is 9.44. The first-order chi connectivity index (χ1) is 14.9. The van der Waals surface area contributed by atoms with E-state index in [1.54, 1.807) is 42.5 Å². The van der Waals surface area contributed by atoms with Gasteiger partial charge in [-0.3, -0.25) is 0 Å². The maximum Gasteiger partial charge on any atom is 0.351 e. The Balaban J connectivity index is 1.73. The van der Waals surface area contributed by atoms with Crippen LogP contribution in [-0.4, -0.2) is 11.1 Å². The average molecular weight is 421 g/mol. The quantitative estimate of drug-likeness (QED) is 0.445. The number of carboxylic acid groups (broad SMARTS) is 1. The lowest BCUT2D eigenvalue weighted by molar-refractivity contribution is 0.0692. The van der Waals surface area contributed by atoms with Gasteiger partial charge in [0.1, 0.15) is 22.8 Å². The molecule has 0 radical (unpaired) electrons. The van der Waals surface area contributed by atoms with E-state index in [1.165, 1.54) is 30.3 Å². The summed E-state index contributed by atoms with van der Waals surface area (Å²) in [6.45, 7) is 0.835. The first-order valence-corrected chi connectivity index (χ1v) is 9.44. The molecule has 4 aromatic rings. The molecule has 0 aliphatic heterocycles. The van der Waals surface area contributed by atoms with E-state index < -0.39 is 17.2 Å². The van der Waals surface area contributed by atoms with Crippen molar-refractivity contribution in [2.24, 2.45) is 0 Å². The zero-order valence-electron chi connectivity index (χ0n) is 16.2. The summed E-state index contributed by atoms with van der Waals surface area (Å²) in [4.78, 5) is 25.1. The van der Waals surface area contributed by atoms with Crippen molar-refractivity contribution in [3.8, 4) is 0 Å². The van der Waals surface area contributed by atoms with Gasteiger partial charge >= 0.3 is 11.6 Å². The molecule has 0 fully saturated rings. The maximum absolute atomic E-state index is 13.3. The third-order valence-electron chi connectivity index (χ3n) is 4.89. The molecule has 4 rings (SSSR count). The molecule has 0 amide bonds. The molecule has 0 unspecified atom stereocenters. The minimum Gasteiger partial charge on any atom is -0.477 e. The largest absolute Gasteiger partial charge is 0.477 e. The third-order valence-corrected chi connectivity index (χ3v) is 4.89. The number of carbonyl (C=O) groups is 1. The number of carboxylic acids is 1. The molecule has 1 aromatic heterocycles. The van der Waals surface area contributed by atoms with Crippen LogP contribution in [-0.2, 0) is 13.1 Å². The number of hydrogen-bond donors (Lipinski definition) is 1. The SMILES string of the molecule is O=C(O)c1cc2ccc(N(Cc3ccc(F)cc3)Cc3ccc(F)cc3)cc2oc1=O. The summed E-state index contributed by atoms with van der Waals surface area (Å²) < 4.78 is 31.8. The number of anilines is 1. The molecule has 0 bridgehead atoms. The average Bonchev–Trinajstić information content (AvgIpc) is 2.75. The summed E-state index contributed by atoms with van der Waals surface area (Å²) in [5.41, 5.74) is 1.29. The van der Waals surface area contributed by atoms with Gasteiger partial charge in [0.15, 0.2) is 0 Å². The minimum atomic E-state index is -1.35. The van der Waals surface area contributed by atoms with Crippen LogP contribution in [0.4, 0.5) is 14.5 Å². The molecule has 31 heavy (non-hydrogen) atoms. The number of benzene rings is 3. The molecular weight excluding hydrogens is 404 g/mol. The highest BCUT2D eigenvalue weighted by atomic mass is 19.1. The predicted octanol–water partition coefficient (Wildman–Crippen LogP) is 4.98. The number of aromatic carboxylic acids is 1. The second-order valence-corrected chi connectivity index (χ2v) is 7.08. The van der Waals surface area contributed by atoms with Crippen LogP contribution in [0.3, 0.4) is 0 Å². The zero-order chi connectivity index (χ0) is 22.0. The van der Waals surface area contributed by atoms with Crippen LogP contribution in [0.1, 0.15) is 21.5 Å². The molecule has 0 aliphatic rings. The van der Waals surface area contributed by atoms with E-state index in [9.17, 15) is 18.4 Å². The fourth-order valence-corrected chi connectivity index (χ4v) is 3.30. The second kappa shape index (κ2) is 8.39. The molecule has 0 aliphatic carbocycles. The van der Waals surface area contributed by atoms with Crippen LogP contribution in [0, 0.1) is 11.6 Å². The standard InChI is InChI=1S/C24H17F2NO4/c25-18-6-1-15(2-7-18)13-27(14-16-3-8-19(26)9-4-16)20-10-5-17-11-21(23(28)29)24(30)31-22(17)12-20/h1-12H,13-14H2,(H,28,29). The van der Waals surface area contributed by atoms with Gasteiger partial charge in [0.25, 0.3) is 0 Å². The van der Waals surface area contributed by atoms with Crippen molar-refractivity contribution >= 4 is 22.6 Å². The van der Waals surface area contributed by atoms with Crippen LogP contribution in [0.15, 0.2) is 82.0 Å². The Labute approximate surface area is 175 Å².